The molecule has 2 rings (SSSR count). The van der Waals surface area contributed by atoms with Crippen LogP contribution < -0.4 is 4.74 Å². The van der Waals surface area contributed by atoms with E-state index in [0.29, 0.717) is 0 Å². The van der Waals surface area contributed by atoms with E-state index in [4.69, 9.17) is 14.2 Å². The van der Waals surface area contributed by atoms with E-state index in [-0.39, 0.29) is 12.4 Å². The largest absolute Gasteiger partial charge is 0.497 e. The third kappa shape index (κ3) is 2.49. The fourth-order valence-corrected chi connectivity index (χ4v) is 1.60. The minimum Gasteiger partial charge on any atom is -0.497 e. The Bertz CT molecular complexity index is 307. The second-order valence-electron chi connectivity index (χ2n) is 3.71. The average Bonchev–Trinajstić information content (AvgIpc) is 2.29. The summed E-state index contributed by atoms with van der Waals surface area (Å²) in [7, 11) is 1.66. The van der Waals surface area contributed by atoms with Crippen LogP contribution in [0, 0.1) is 0 Å². The predicted molar refractivity (Wildman–Crippen MR) is 56.9 cm³/mol. The SMILES string of the molecule is COc1ccc([C@H]2OCC[C@@H](C)O2)cc1. The van der Waals surface area contributed by atoms with Gasteiger partial charge in [-0.05, 0) is 25.5 Å². The molecule has 3 heteroatoms. The Balaban J connectivity index is 2.07. The van der Waals surface area contributed by atoms with Gasteiger partial charge in [-0.2, -0.15) is 0 Å². The highest BCUT2D eigenvalue weighted by Crippen LogP contribution is 2.27. The van der Waals surface area contributed by atoms with Gasteiger partial charge in [0.05, 0.1) is 19.8 Å². The molecule has 1 fully saturated rings. The van der Waals surface area contributed by atoms with E-state index in [1.807, 2.05) is 24.3 Å². The molecular formula is C12H16O3. The second kappa shape index (κ2) is 4.64. The molecule has 0 aromatic heterocycles. The summed E-state index contributed by atoms with van der Waals surface area (Å²) in [4.78, 5) is 0. The van der Waals surface area contributed by atoms with Gasteiger partial charge in [-0.15, -0.1) is 0 Å². The Hall–Kier alpha value is -1.06. The molecule has 15 heavy (non-hydrogen) atoms. The first-order valence-corrected chi connectivity index (χ1v) is 5.20. The molecule has 0 unspecified atom stereocenters. The molecule has 1 heterocycles. The minimum absolute atomic E-state index is 0.223. The van der Waals surface area contributed by atoms with Crippen LogP contribution in [0.2, 0.25) is 0 Å². The highest BCUT2D eigenvalue weighted by molar-refractivity contribution is 5.27. The van der Waals surface area contributed by atoms with Crippen molar-refractivity contribution in [2.24, 2.45) is 0 Å². The van der Waals surface area contributed by atoms with Crippen LogP contribution in [0.25, 0.3) is 0 Å². The molecular weight excluding hydrogens is 192 g/mol. The van der Waals surface area contributed by atoms with Gasteiger partial charge in [0, 0.05) is 5.56 Å². The van der Waals surface area contributed by atoms with Crippen LogP contribution in [-0.2, 0) is 9.47 Å². The summed E-state index contributed by atoms with van der Waals surface area (Å²) in [6.45, 7) is 2.83. The summed E-state index contributed by atoms with van der Waals surface area (Å²) in [5.41, 5.74) is 1.04. The average molecular weight is 208 g/mol. The minimum atomic E-state index is -0.223. The zero-order valence-corrected chi connectivity index (χ0v) is 9.10. The summed E-state index contributed by atoms with van der Waals surface area (Å²) in [6, 6.07) is 7.78. The fraction of sp³-hybridized carbons (Fsp3) is 0.500. The lowest BCUT2D eigenvalue weighted by Crippen LogP contribution is -2.24. The van der Waals surface area contributed by atoms with E-state index >= 15 is 0 Å². The quantitative estimate of drug-likeness (QED) is 0.747. The van der Waals surface area contributed by atoms with Crippen LogP contribution in [0.5, 0.6) is 5.75 Å². The predicted octanol–water partition coefficient (Wildman–Crippen LogP) is 2.52. The van der Waals surface area contributed by atoms with Gasteiger partial charge in [0.2, 0.25) is 0 Å². The Kier molecular flexibility index (Phi) is 3.23. The second-order valence-corrected chi connectivity index (χ2v) is 3.71. The summed E-state index contributed by atoms with van der Waals surface area (Å²) in [6.07, 6.45) is 1.01. The van der Waals surface area contributed by atoms with Crippen molar-refractivity contribution in [1.29, 1.82) is 0 Å². The molecule has 1 aliphatic heterocycles. The number of methoxy groups -OCH3 is 1. The highest BCUT2D eigenvalue weighted by Gasteiger charge is 2.20. The van der Waals surface area contributed by atoms with E-state index in [9.17, 15) is 0 Å². The van der Waals surface area contributed by atoms with Gasteiger partial charge in [-0.1, -0.05) is 12.1 Å². The van der Waals surface area contributed by atoms with Crippen molar-refractivity contribution in [3.63, 3.8) is 0 Å². The van der Waals surface area contributed by atoms with E-state index in [1.165, 1.54) is 0 Å². The topological polar surface area (TPSA) is 27.7 Å². The first-order valence-electron chi connectivity index (χ1n) is 5.20. The summed E-state index contributed by atoms with van der Waals surface area (Å²) in [5, 5.41) is 0. The van der Waals surface area contributed by atoms with Gasteiger partial charge in [0.25, 0.3) is 0 Å². The Morgan fingerprint density at radius 1 is 1.27 bits per heavy atom. The summed E-state index contributed by atoms with van der Waals surface area (Å²) < 4.78 is 16.3. The molecule has 1 saturated heterocycles. The lowest BCUT2D eigenvalue weighted by Gasteiger charge is -2.28. The number of rotatable bonds is 2. The first-order chi connectivity index (χ1) is 7.29. The summed E-state index contributed by atoms with van der Waals surface area (Å²) in [5.74, 6) is 0.850. The van der Waals surface area contributed by atoms with Crippen molar-refractivity contribution < 1.29 is 14.2 Å². The van der Waals surface area contributed by atoms with Gasteiger partial charge in [0.15, 0.2) is 6.29 Å². The Morgan fingerprint density at radius 2 is 2.00 bits per heavy atom. The molecule has 1 aromatic rings. The zero-order valence-electron chi connectivity index (χ0n) is 9.10. The molecule has 0 bridgehead atoms. The van der Waals surface area contributed by atoms with Gasteiger partial charge in [0.1, 0.15) is 5.75 Å². The molecule has 0 spiro atoms. The third-order valence-corrected chi connectivity index (χ3v) is 2.54. The zero-order chi connectivity index (χ0) is 10.7. The van der Waals surface area contributed by atoms with Crippen molar-refractivity contribution >= 4 is 0 Å². The smallest absolute Gasteiger partial charge is 0.184 e. The fourth-order valence-electron chi connectivity index (χ4n) is 1.60. The van der Waals surface area contributed by atoms with Crippen LogP contribution in [0.15, 0.2) is 24.3 Å². The monoisotopic (exact) mass is 208 g/mol. The van der Waals surface area contributed by atoms with Crippen LogP contribution in [0.1, 0.15) is 25.2 Å². The van der Waals surface area contributed by atoms with Crippen molar-refractivity contribution in [3.05, 3.63) is 29.8 Å². The number of benzene rings is 1. The van der Waals surface area contributed by atoms with Crippen LogP contribution in [-0.4, -0.2) is 19.8 Å². The normalized spacial score (nSPS) is 26.3. The van der Waals surface area contributed by atoms with E-state index in [0.717, 1.165) is 24.3 Å². The molecule has 3 nitrogen and oxygen atoms in total. The first kappa shape index (κ1) is 10.5. The molecule has 82 valence electrons. The number of hydrogen-bond donors (Lipinski definition) is 0. The van der Waals surface area contributed by atoms with E-state index in [1.54, 1.807) is 7.11 Å². The third-order valence-electron chi connectivity index (χ3n) is 2.54. The van der Waals surface area contributed by atoms with Gasteiger partial charge >= 0.3 is 0 Å². The molecule has 0 saturated carbocycles. The Morgan fingerprint density at radius 3 is 2.60 bits per heavy atom. The van der Waals surface area contributed by atoms with Gasteiger partial charge in [-0.25, -0.2) is 0 Å². The molecule has 1 aromatic carbocycles. The maximum absolute atomic E-state index is 5.68. The Labute approximate surface area is 90.0 Å². The molecule has 0 radical (unpaired) electrons. The number of hydrogen-bond acceptors (Lipinski definition) is 3. The highest BCUT2D eigenvalue weighted by atomic mass is 16.7. The molecule has 2 atom stereocenters. The van der Waals surface area contributed by atoms with Crippen molar-refractivity contribution in [2.45, 2.75) is 25.7 Å². The molecule has 0 N–H and O–H groups in total. The molecule has 0 amide bonds. The van der Waals surface area contributed by atoms with Crippen molar-refractivity contribution in [3.8, 4) is 5.75 Å². The van der Waals surface area contributed by atoms with Crippen LogP contribution >= 0.6 is 0 Å². The van der Waals surface area contributed by atoms with Gasteiger partial charge < -0.3 is 14.2 Å². The lowest BCUT2D eigenvalue weighted by molar-refractivity contribution is -0.212. The molecule has 0 aliphatic carbocycles. The standard InChI is InChI=1S/C12H16O3/c1-9-7-8-14-12(15-9)10-3-5-11(13-2)6-4-10/h3-6,9,12H,7-8H2,1-2H3/t9-,12+/m1/s1. The lowest BCUT2D eigenvalue weighted by atomic mass is 10.2. The van der Waals surface area contributed by atoms with Gasteiger partial charge in [-0.3, -0.25) is 0 Å². The number of ether oxygens (including phenoxy) is 3. The van der Waals surface area contributed by atoms with Crippen molar-refractivity contribution in [1.82, 2.24) is 0 Å². The van der Waals surface area contributed by atoms with E-state index in [2.05, 4.69) is 6.92 Å². The van der Waals surface area contributed by atoms with E-state index < -0.39 is 0 Å². The molecule has 1 aliphatic rings. The van der Waals surface area contributed by atoms with Crippen LogP contribution in [0.3, 0.4) is 0 Å². The van der Waals surface area contributed by atoms with Crippen LogP contribution in [0.4, 0.5) is 0 Å². The maximum atomic E-state index is 5.68. The van der Waals surface area contributed by atoms with Crippen molar-refractivity contribution in [2.75, 3.05) is 13.7 Å². The summed E-state index contributed by atoms with van der Waals surface area (Å²) >= 11 is 0. The maximum Gasteiger partial charge on any atom is 0.184 e.